The maximum Gasteiger partial charge on any atom is 0.303 e. The molecule has 0 bridgehead atoms. The van der Waals surface area contributed by atoms with Crippen LogP contribution in [0.3, 0.4) is 0 Å². The quantitative estimate of drug-likeness (QED) is 0.179. The van der Waals surface area contributed by atoms with Crippen molar-refractivity contribution >= 4 is 47.9 Å². The minimum absolute atomic E-state index is 0.0775. The first-order valence-corrected chi connectivity index (χ1v) is 12.5. The number of hydrogen-bond acceptors (Lipinski definition) is 11. The normalized spacial score (nSPS) is 20.9. The predicted octanol–water partition coefficient (Wildman–Crippen LogP) is 3.34. The average Bonchev–Trinajstić information content (AvgIpc) is 3.21. The van der Waals surface area contributed by atoms with E-state index in [9.17, 15) is 14.4 Å². The van der Waals surface area contributed by atoms with Crippen molar-refractivity contribution in [3.8, 4) is 11.4 Å². The Bertz CT molecular complexity index is 1440. The van der Waals surface area contributed by atoms with Gasteiger partial charge in [0.15, 0.2) is 30.4 Å². The molecule has 4 rings (SSSR count). The summed E-state index contributed by atoms with van der Waals surface area (Å²) in [5.41, 5.74) is 1.34. The highest BCUT2D eigenvalue weighted by Gasteiger charge is 2.48. The molecule has 12 nitrogen and oxygen atoms in total. The fraction of sp³-hybridized carbons (Fsp3) is 0.320. The van der Waals surface area contributed by atoms with E-state index in [0.29, 0.717) is 16.4 Å². The molecule has 1 saturated heterocycles. The number of ether oxygens (including phenoxy) is 4. The van der Waals surface area contributed by atoms with E-state index in [0.717, 1.165) is 5.56 Å². The van der Waals surface area contributed by atoms with Gasteiger partial charge in [-0.05, 0) is 42.0 Å². The molecule has 3 heterocycles. The first-order chi connectivity index (χ1) is 18.6. The van der Waals surface area contributed by atoms with Gasteiger partial charge in [-0.2, -0.15) is 9.78 Å². The van der Waals surface area contributed by atoms with Gasteiger partial charge in [-0.15, -0.1) is 5.10 Å². The Balaban J connectivity index is 1.81. The summed E-state index contributed by atoms with van der Waals surface area (Å²) in [5.74, 6) is -1.67. The zero-order valence-electron chi connectivity index (χ0n) is 21.1. The van der Waals surface area contributed by atoms with Gasteiger partial charge in [0.05, 0.1) is 12.8 Å². The zero-order valence-corrected chi connectivity index (χ0v) is 22.7. The van der Waals surface area contributed by atoms with Crippen LogP contribution in [-0.4, -0.2) is 68.5 Å². The third-order valence-corrected chi connectivity index (χ3v) is 6.07. The molecule has 0 N–H and O–H groups in total. The van der Waals surface area contributed by atoms with Gasteiger partial charge in [-0.25, -0.2) is 4.68 Å². The van der Waals surface area contributed by atoms with Crippen molar-refractivity contribution in [2.45, 2.75) is 45.3 Å². The average molecular weight is 574 g/mol. The Morgan fingerprint density at radius 1 is 1.05 bits per heavy atom. The molecule has 39 heavy (non-hydrogen) atoms. The first-order valence-electron chi connectivity index (χ1n) is 11.7. The molecule has 0 aliphatic carbocycles. The van der Waals surface area contributed by atoms with Gasteiger partial charge in [-0.1, -0.05) is 23.7 Å². The van der Waals surface area contributed by atoms with Crippen LogP contribution in [0, 0.1) is 4.77 Å². The summed E-state index contributed by atoms with van der Waals surface area (Å²) in [6.07, 6.45) is 0.114. The molecule has 1 aliphatic heterocycles. The highest BCUT2D eigenvalue weighted by molar-refractivity contribution is 7.71. The van der Waals surface area contributed by atoms with Gasteiger partial charge < -0.3 is 18.9 Å². The fourth-order valence-corrected chi connectivity index (χ4v) is 4.33. The van der Waals surface area contributed by atoms with Gasteiger partial charge in [0.25, 0.3) is 0 Å². The lowest BCUT2D eigenvalue weighted by Gasteiger charge is -2.40. The van der Waals surface area contributed by atoms with E-state index >= 15 is 0 Å². The molecular formula is C25H24ClN5O7S. The molecular weight excluding hydrogens is 550 g/mol. The van der Waals surface area contributed by atoms with Crippen molar-refractivity contribution in [1.29, 1.82) is 0 Å². The van der Waals surface area contributed by atoms with Gasteiger partial charge in [0, 0.05) is 43.8 Å². The second kappa shape index (κ2) is 12.3. The van der Waals surface area contributed by atoms with E-state index < -0.39 is 42.4 Å². The van der Waals surface area contributed by atoms with E-state index in [-0.39, 0.29) is 11.4 Å². The third-order valence-electron chi connectivity index (χ3n) is 5.46. The molecule has 1 fully saturated rings. The number of esters is 3. The summed E-state index contributed by atoms with van der Waals surface area (Å²) in [7, 11) is 0. The highest BCUT2D eigenvalue weighted by atomic mass is 35.5. The molecule has 1 aliphatic rings. The number of aromatic nitrogens is 4. The van der Waals surface area contributed by atoms with Crippen molar-refractivity contribution in [1.82, 2.24) is 19.4 Å². The van der Waals surface area contributed by atoms with Crippen LogP contribution < -0.4 is 0 Å². The Morgan fingerprint density at radius 3 is 2.33 bits per heavy atom. The lowest BCUT2D eigenvalue weighted by molar-refractivity contribution is -0.241. The summed E-state index contributed by atoms with van der Waals surface area (Å²) in [6.45, 7) is 3.39. The second-order valence-corrected chi connectivity index (χ2v) is 9.22. The largest absolute Gasteiger partial charge is 0.456 e. The van der Waals surface area contributed by atoms with Gasteiger partial charge in [0.1, 0.15) is 0 Å². The van der Waals surface area contributed by atoms with Crippen molar-refractivity contribution in [3.05, 3.63) is 64.1 Å². The third kappa shape index (κ3) is 6.74. The summed E-state index contributed by atoms with van der Waals surface area (Å²) in [5, 5.41) is 9.72. The van der Waals surface area contributed by atoms with Crippen LogP contribution in [0.5, 0.6) is 0 Å². The van der Waals surface area contributed by atoms with E-state index in [4.69, 9.17) is 42.8 Å². The summed E-state index contributed by atoms with van der Waals surface area (Å²) < 4.78 is 25.0. The molecule has 0 saturated carbocycles. The highest BCUT2D eigenvalue weighted by Crippen LogP contribution is 2.32. The SMILES string of the molecule is CC(=O)O[C@@H]1[C@@H](OC(C)=O)[C@H](n2nc(-c3cccnc3)n(/N=C/c3ccc(Cl)cc3)c2=S)OC[C@@H]1OC(C)=O. The lowest BCUT2D eigenvalue weighted by Crippen LogP contribution is -2.55. The van der Waals surface area contributed by atoms with E-state index in [1.165, 1.54) is 30.1 Å². The maximum absolute atomic E-state index is 12.1. The molecule has 3 aromatic rings. The van der Waals surface area contributed by atoms with Gasteiger partial charge in [-0.3, -0.25) is 19.4 Å². The lowest BCUT2D eigenvalue weighted by atomic mass is 10.0. The van der Waals surface area contributed by atoms with Gasteiger partial charge >= 0.3 is 17.9 Å². The number of carbonyl (C=O) groups excluding carboxylic acids is 3. The molecule has 0 spiro atoms. The van der Waals surface area contributed by atoms with Gasteiger partial charge in [0.2, 0.25) is 4.77 Å². The summed E-state index contributed by atoms with van der Waals surface area (Å²) in [4.78, 5) is 39.9. The minimum atomic E-state index is -1.26. The molecule has 14 heteroatoms. The van der Waals surface area contributed by atoms with E-state index in [2.05, 4.69) is 15.2 Å². The Morgan fingerprint density at radius 2 is 1.72 bits per heavy atom. The van der Waals surface area contributed by atoms with Crippen LogP contribution in [0.15, 0.2) is 53.9 Å². The minimum Gasteiger partial charge on any atom is -0.456 e. The molecule has 0 radical (unpaired) electrons. The Labute approximate surface area is 233 Å². The number of carbonyl (C=O) groups is 3. The van der Waals surface area contributed by atoms with Crippen molar-refractivity contribution in [3.63, 3.8) is 0 Å². The smallest absolute Gasteiger partial charge is 0.303 e. The van der Waals surface area contributed by atoms with Crippen molar-refractivity contribution < 1.29 is 33.3 Å². The van der Waals surface area contributed by atoms with Crippen LogP contribution in [0.1, 0.15) is 32.6 Å². The Kier molecular flexibility index (Phi) is 8.84. The number of rotatable bonds is 7. The number of nitrogens with zero attached hydrogens (tertiary/aromatic N) is 5. The first kappa shape index (κ1) is 28.1. The molecule has 0 amide bonds. The molecule has 4 atom stereocenters. The number of halogens is 1. The number of benzene rings is 1. The zero-order chi connectivity index (χ0) is 28.1. The van der Waals surface area contributed by atoms with Crippen LogP contribution in [-0.2, 0) is 33.3 Å². The van der Waals surface area contributed by atoms with Crippen LogP contribution in [0.25, 0.3) is 11.4 Å². The monoisotopic (exact) mass is 573 g/mol. The van der Waals surface area contributed by atoms with E-state index in [1.54, 1.807) is 55.0 Å². The molecule has 2 aromatic heterocycles. The molecule has 204 valence electrons. The van der Waals surface area contributed by atoms with Crippen molar-refractivity contribution in [2.75, 3.05) is 6.61 Å². The second-order valence-electron chi connectivity index (χ2n) is 8.42. The van der Waals surface area contributed by atoms with E-state index in [1.807, 2.05) is 0 Å². The number of hydrogen-bond donors (Lipinski definition) is 0. The standard InChI is InChI=1S/C25H24ClN5O7S/c1-14(32)36-20-13-35-24(22(38-16(3)34)21(20)37-15(2)33)31-25(39)30(23(29-31)18-5-4-10-27-12-18)28-11-17-6-8-19(26)9-7-17/h4-12,20-22,24H,13H2,1-3H3/b28-11+/t20-,21-,22+,24+/m0/s1. The van der Waals surface area contributed by atoms with Crippen LogP contribution in [0.2, 0.25) is 5.02 Å². The molecule has 1 aromatic carbocycles. The number of pyridine rings is 1. The van der Waals surface area contributed by atoms with Crippen molar-refractivity contribution in [2.24, 2.45) is 5.10 Å². The van der Waals surface area contributed by atoms with Crippen LogP contribution in [0.4, 0.5) is 0 Å². The predicted molar refractivity (Wildman–Crippen MR) is 140 cm³/mol. The maximum atomic E-state index is 12.1. The summed E-state index contributed by atoms with van der Waals surface area (Å²) in [6, 6.07) is 10.5. The summed E-state index contributed by atoms with van der Waals surface area (Å²) >= 11 is 11.7. The Hall–Kier alpha value is -3.94. The fourth-order valence-electron chi connectivity index (χ4n) is 3.93. The topological polar surface area (TPSA) is 136 Å². The van der Waals surface area contributed by atoms with Crippen LogP contribution >= 0.6 is 23.8 Å². The molecule has 0 unspecified atom stereocenters.